The summed E-state index contributed by atoms with van der Waals surface area (Å²) in [6.45, 7) is 5.15. The van der Waals surface area contributed by atoms with Crippen LogP contribution in [-0.4, -0.2) is 39.0 Å². The van der Waals surface area contributed by atoms with E-state index in [4.69, 9.17) is 5.11 Å². The molecule has 0 aromatic heterocycles. The molecule has 0 radical (unpaired) electrons. The molecule has 0 unspecified atom stereocenters. The first-order valence-corrected chi connectivity index (χ1v) is 3.95. The zero-order chi connectivity index (χ0) is 6.99. The average molecular weight is 124 g/mol. The molecular formula is C5H9NaO2. The summed E-state index contributed by atoms with van der Waals surface area (Å²) >= 11 is 1.37. The van der Waals surface area contributed by atoms with Gasteiger partial charge >= 0.3 is 44.5 Å². The second kappa shape index (κ2) is 10.2. The van der Waals surface area contributed by atoms with Gasteiger partial charge in [-0.1, -0.05) is 6.58 Å². The van der Waals surface area contributed by atoms with E-state index in [1.165, 1.54) is 31.6 Å². The molecule has 0 aliphatic heterocycles. The van der Waals surface area contributed by atoms with Gasteiger partial charge in [0.15, 0.2) is 0 Å². The van der Waals surface area contributed by atoms with Gasteiger partial charge in [0.05, 0.1) is 0 Å². The Hall–Kier alpha value is 0.210. The van der Waals surface area contributed by atoms with Crippen molar-refractivity contribution >= 4 is 33.9 Å². The van der Waals surface area contributed by atoms with Gasteiger partial charge in [-0.2, -0.15) is 0 Å². The number of hydrogen-bond acceptors (Lipinski definition) is 1. The third-order valence-corrected chi connectivity index (χ3v) is 0.175. The van der Waals surface area contributed by atoms with Gasteiger partial charge in [0.1, 0.15) is 0 Å². The van der Waals surface area contributed by atoms with Crippen LogP contribution in [0.4, 0.5) is 0 Å². The molecule has 0 heterocycles. The second-order valence-corrected chi connectivity index (χ2v) is 2.66. The topological polar surface area (TPSA) is 37.3 Å². The van der Waals surface area contributed by atoms with E-state index in [2.05, 4.69) is 13.5 Å². The fourth-order valence-electron chi connectivity index (χ4n) is 0. The van der Waals surface area contributed by atoms with E-state index in [0.717, 1.165) is 6.08 Å². The molecule has 0 aliphatic carbocycles. The molecule has 0 saturated carbocycles. The Balaban J connectivity index is 0. The minimum absolute atomic E-state index is 0.833. The Morgan fingerprint density at radius 3 is 2.12 bits per heavy atom. The van der Waals surface area contributed by atoms with E-state index in [9.17, 15) is 4.79 Å². The zero-order valence-corrected chi connectivity index (χ0v) is 7.35. The molecule has 3 heteroatoms. The van der Waals surface area contributed by atoms with Gasteiger partial charge in [0, 0.05) is 6.08 Å². The zero-order valence-electron chi connectivity index (χ0n) is 5.35. The maximum absolute atomic E-state index is 9.25. The molecule has 0 fully saturated rings. The van der Waals surface area contributed by atoms with E-state index < -0.39 is 5.97 Å². The van der Waals surface area contributed by atoms with Gasteiger partial charge in [-0.25, -0.2) is 4.79 Å². The van der Waals surface area contributed by atoms with Crippen LogP contribution in [0.3, 0.4) is 0 Å². The summed E-state index contributed by atoms with van der Waals surface area (Å²) in [6.07, 6.45) is 0.833. The third kappa shape index (κ3) is 34.5. The van der Waals surface area contributed by atoms with Crippen molar-refractivity contribution in [1.29, 1.82) is 0 Å². The van der Waals surface area contributed by atoms with Crippen LogP contribution in [0.2, 0.25) is 3.67 Å². The molecular weight excluding hydrogens is 115 g/mol. The van der Waals surface area contributed by atoms with Gasteiger partial charge in [-0.05, 0) is 0 Å². The molecule has 0 rings (SSSR count). The molecule has 8 heavy (non-hydrogen) atoms. The number of carbonyl (C=O) groups is 1. The Morgan fingerprint density at radius 2 is 2.12 bits per heavy atom. The summed E-state index contributed by atoms with van der Waals surface area (Å²) in [7, 11) is 0. The third-order valence-electron chi connectivity index (χ3n) is 0.175. The first-order valence-electron chi connectivity index (χ1n) is 2.54. The van der Waals surface area contributed by atoms with E-state index in [1.54, 1.807) is 0 Å². The molecule has 2 nitrogen and oxygen atoms in total. The molecule has 0 aromatic carbocycles. The van der Waals surface area contributed by atoms with Crippen molar-refractivity contribution in [3.63, 3.8) is 0 Å². The van der Waals surface area contributed by atoms with Gasteiger partial charge in [0.2, 0.25) is 0 Å². The van der Waals surface area contributed by atoms with E-state index in [0.29, 0.717) is 0 Å². The van der Waals surface area contributed by atoms with Crippen LogP contribution in [0, 0.1) is 0 Å². The van der Waals surface area contributed by atoms with Crippen molar-refractivity contribution < 1.29 is 9.90 Å². The Labute approximate surface area is 67.0 Å². The fraction of sp³-hybridized carbons (Fsp3) is 0.400. The predicted molar refractivity (Wildman–Crippen MR) is 34.1 cm³/mol. The number of aliphatic carboxylic acids is 1. The monoisotopic (exact) mass is 124 g/mol. The maximum atomic E-state index is 9.25. The number of carboxylic acid groups (broad SMARTS) is 1. The quantitative estimate of drug-likeness (QED) is 0.415. The van der Waals surface area contributed by atoms with Crippen molar-refractivity contribution in [2.75, 3.05) is 0 Å². The van der Waals surface area contributed by atoms with Crippen LogP contribution in [0.5, 0.6) is 0 Å². The summed E-state index contributed by atoms with van der Waals surface area (Å²) in [4.78, 5) is 9.25. The van der Waals surface area contributed by atoms with Gasteiger partial charge in [-0.3, -0.25) is 0 Å². The van der Waals surface area contributed by atoms with Crippen LogP contribution >= 0.6 is 0 Å². The van der Waals surface area contributed by atoms with Gasteiger partial charge in [-0.15, -0.1) is 0 Å². The molecule has 0 spiro atoms. The van der Waals surface area contributed by atoms with Crippen molar-refractivity contribution in [3.8, 4) is 0 Å². The number of carboxylic acids is 1. The minimum atomic E-state index is -0.981. The van der Waals surface area contributed by atoms with Crippen LogP contribution < -0.4 is 0 Å². The van der Waals surface area contributed by atoms with Gasteiger partial charge < -0.3 is 5.11 Å². The van der Waals surface area contributed by atoms with Crippen molar-refractivity contribution in [2.24, 2.45) is 0 Å². The predicted octanol–water partition coefficient (Wildman–Crippen LogP) is 0.850. The van der Waals surface area contributed by atoms with Gasteiger partial charge in [0.25, 0.3) is 0 Å². The normalized spacial score (nSPS) is 6.38. The molecule has 42 valence electrons. The van der Waals surface area contributed by atoms with Crippen LogP contribution in [-0.2, 0) is 4.79 Å². The first-order chi connectivity index (χ1) is 3.68. The van der Waals surface area contributed by atoms with E-state index >= 15 is 0 Å². The summed E-state index contributed by atoms with van der Waals surface area (Å²) in [5.41, 5.74) is 0. The molecule has 0 amide bonds. The van der Waals surface area contributed by atoms with Crippen LogP contribution in [0.1, 0.15) is 6.92 Å². The van der Waals surface area contributed by atoms with Crippen molar-refractivity contribution in [3.05, 3.63) is 12.7 Å². The average Bonchev–Trinajstić information content (AvgIpc) is 1.69. The molecule has 0 saturated heterocycles. The second-order valence-electron chi connectivity index (χ2n) is 1.25. The summed E-state index contributed by atoms with van der Waals surface area (Å²) in [5.74, 6) is -0.981. The molecule has 0 aromatic rings. The molecule has 0 atom stereocenters. The van der Waals surface area contributed by atoms with Crippen molar-refractivity contribution in [2.45, 2.75) is 10.6 Å². The Bertz CT molecular complexity index is 70.8. The molecule has 0 aliphatic rings. The Morgan fingerprint density at radius 1 is 2.00 bits per heavy atom. The summed E-state index contributed by atoms with van der Waals surface area (Å²) in [5, 5.41) is 7.60. The van der Waals surface area contributed by atoms with E-state index in [1.807, 2.05) is 0 Å². The Kier molecular flexibility index (Phi) is 14.2. The standard InChI is InChI=1S/C3H4O2.C2H5.Na/c1-2-3(4)5;1-2;/h2H,1H2,(H,4,5);1H2,2H3;. The van der Waals surface area contributed by atoms with Crippen molar-refractivity contribution in [1.82, 2.24) is 0 Å². The number of rotatable bonds is 1. The number of hydrogen-bond donors (Lipinski definition) is 1. The van der Waals surface area contributed by atoms with E-state index in [-0.39, 0.29) is 0 Å². The fourth-order valence-corrected chi connectivity index (χ4v) is 0. The van der Waals surface area contributed by atoms with Crippen LogP contribution in [0.25, 0.3) is 0 Å². The van der Waals surface area contributed by atoms with Crippen LogP contribution in [0.15, 0.2) is 12.7 Å². The summed E-state index contributed by atoms with van der Waals surface area (Å²) in [6, 6.07) is 0. The summed E-state index contributed by atoms with van der Waals surface area (Å²) < 4.78 is 1.39. The molecule has 0 bridgehead atoms. The first kappa shape index (κ1) is 11.1. The molecule has 1 N–H and O–H groups in total. The SMILES string of the molecule is C=CC(=O)O.C[CH2][Na].